The fourth-order valence-corrected chi connectivity index (χ4v) is 5.27. The van der Waals surface area contributed by atoms with Crippen LogP contribution in [0.1, 0.15) is 62.3 Å². The van der Waals surface area contributed by atoms with Crippen molar-refractivity contribution in [3.8, 4) is 11.3 Å². The maximum atomic E-state index is 13.3. The van der Waals surface area contributed by atoms with E-state index >= 15 is 0 Å². The van der Waals surface area contributed by atoms with Gasteiger partial charge in [-0.05, 0) is 69.7 Å². The molecule has 2 amide bonds. The maximum absolute atomic E-state index is 13.3. The van der Waals surface area contributed by atoms with E-state index in [0.717, 1.165) is 30.7 Å². The number of nitrogens with zero attached hydrogens (tertiary/aromatic N) is 5. The van der Waals surface area contributed by atoms with Gasteiger partial charge in [-0.25, -0.2) is 19.7 Å². The summed E-state index contributed by atoms with van der Waals surface area (Å²) in [5, 5.41) is 2.79. The van der Waals surface area contributed by atoms with E-state index in [0.29, 0.717) is 35.0 Å². The van der Waals surface area contributed by atoms with Crippen molar-refractivity contribution in [3.63, 3.8) is 0 Å². The van der Waals surface area contributed by atoms with Crippen LogP contribution in [0.2, 0.25) is 0 Å². The normalized spacial score (nSPS) is 17.9. The average Bonchev–Trinajstić information content (AvgIpc) is 3.37. The van der Waals surface area contributed by atoms with E-state index in [1.807, 2.05) is 54.5 Å². The minimum atomic E-state index is -0.598. The van der Waals surface area contributed by atoms with Crippen LogP contribution in [0.5, 0.6) is 0 Å². The number of hydrogen-bond acceptors (Lipinski definition) is 7. The van der Waals surface area contributed by atoms with Gasteiger partial charge in [-0.3, -0.25) is 14.1 Å². The summed E-state index contributed by atoms with van der Waals surface area (Å²) in [6.45, 7) is 6.27. The second-order valence-corrected chi connectivity index (χ2v) is 11.4. The Hall–Kier alpha value is -4.47. The number of ether oxygens (including phenoxy) is 1. The molecule has 0 unspecified atom stereocenters. The van der Waals surface area contributed by atoms with Crippen molar-refractivity contribution in [3.05, 3.63) is 72.4 Å². The Kier molecular flexibility index (Phi) is 5.78. The van der Waals surface area contributed by atoms with Gasteiger partial charge in [-0.15, -0.1) is 0 Å². The predicted octanol–water partition coefficient (Wildman–Crippen LogP) is 5.09. The molecule has 0 radical (unpaired) electrons. The lowest BCUT2D eigenvalue weighted by Gasteiger charge is -2.28. The molecule has 1 aliphatic heterocycles. The van der Waals surface area contributed by atoms with Gasteiger partial charge < -0.3 is 15.8 Å². The zero-order valence-corrected chi connectivity index (χ0v) is 22.2. The van der Waals surface area contributed by atoms with Crippen LogP contribution >= 0.6 is 0 Å². The second kappa shape index (κ2) is 9.07. The van der Waals surface area contributed by atoms with E-state index < -0.39 is 5.60 Å². The zero-order valence-electron chi connectivity index (χ0n) is 22.2. The number of rotatable bonds is 4. The number of carbonyl (C=O) groups is 2. The summed E-state index contributed by atoms with van der Waals surface area (Å²) in [6, 6.07) is 12.2. The summed E-state index contributed by atoms with van der Waals surface area (Å²) in [5.41, 5.74) is 8.48. The molecule has 1 aliphatic carbocycles. The third-order valence-corrected chi connectivity index (χ3v) is 7.33. The van der Waals surface area contributed by atoms with Gasteiger partial charge in [0.2, 0.25) is 0 Å². The quantitative estimate of drug-likeness (QED) is 0.380. The average molecular weight is 526 g/mol. The van der Waals surface area contributed by atoms with Crippen molar-refractivity contribution >= 4 is 29.2 Å². The molecule has 10 heteroatoms. The van der Waals surface area contributed by atoms with Crippen LogP contribution < -0.4 is 11.1 Å². The molecule has 4 heterocycles. The predicted molar refractivity (Wildman–Crippen MR) is 147 cm³/mol. The third kappa shape index (κ3) is 4.78. The van der Waals surface area contributed by atoms with Crippen molar-refractivity contribution in [2.75, 3.05) is 17.6 Å². The van der Waals surface area contributed by atoms with E-state index in [9.17, 15) is 9.59 Å². The molecular weight excluding hydrogens is 494 g/mol. The number of imidazole rings is 1. The topological polar surface area (TPSA) is 128 Å². The first-order valence-electron chi connectivity index (χ1n) is 13.1. The third-order valence-electron chi connectivity index (χ3n) is 7.33. The smallest absolute Gasteiger partial charge is 0.410 e. The van der Waals surface area contributed by atoms with Crippen molar-refractivity contribution in [1.29, 1.82) is 0 Å². The summed E-state index contributed by atoms with van der Waals surface area (Å²) >= 11 is 0. The van der Waals surface area contributed by atoms with E-state index in [1.165, 1.54) is 0 Å². The van der Waals surface area contributed by atoms with Crippen LogP contribution in [0.3, 0.4) is 0 Å². The van der Waals surface area contributed by atoms with Gasteiger partial charge in [-0.1, -0.05) is 18.2 Å². The first-order chi connectivity index (χ1) is 18.6. The first kappa shape index (κ1) is 24.8. The fraction of sp³-hybridized carbons (Fsp3) is 0.345. The number of fused-ring (bicyclic) bond motifs is 1. The van der Waals surface area contributed by atoms with Crippen LogP contribution in [-0.4, -0.2) is 48.4 Å². The van der Waals surface area contributed by atoms with Crippen molar-refractivity contribution in [1.82, 2.24) is 24.3 Å². The summed E-state index contributed by atoms with van der Waals surface area (Å²) in [4.78, 5) is 41.3. The molecule has 0 bridgehead atoms. The molecule has 2 aliphatic rings. The summed E-state index contributed by atoms with van der Waals surface area (Å²) in [6.07, 6.45) is 7.76. The van der Waals surface area contributed by atoms with E-state index in [-0.39, 0.29) is 23.5 Å². The summed E-state index contributed by atoms with van der Waals surface area (Å²) < 4.78 is 7.70. The number of anilines is 2. The Labute approximate surface area is 226 Å². The highest BCUT2D eigenvalue weighted by Gasteiger charge is 2.55. The van der Waals surface area contributed by atoms with Gasteiger partial charge in [0.1, 0.15) is 34.3 Å². The lowest BCUT2D eigenvalue weighted by molar-refractivity contribution is 0.0211. The number of nitrogens with two attached hydrogens (primary N) is 1. The lowest BCUT2D eigenvalue weighted by atomic mass is 10.0. The highest BCUT2D eigenvalue weighted by Crippen LogP contribution is 2.58. The maximum Gasteiger partial charge on any atom is 0.410 e. The van der Waals surface area contributed by atoms with Gasteiger partial charge in [-0.2, -0.15) is 0 Å². The number of hydrogen-bond donors (Lipinski definition) is 2. The summed E-state index contributed by atoms with van der Waals surface area (Å²) in [7, 11) is 0. The lowest BCUT2D eigenvalue weighted by Crippen LogP contribution is -2.37. The molecule has 2 fully saturated rings. The minimum absolute atomic E-state index is 0.120. The number of likely N-dealkylation sites (tertiary alicyclic amines) is 1. The molecular formula is C29H31N7O3. The SMILES string of the molecule is CC(C)(C)OC(=O)N1CC2(CC2)C[C@H]1c1nc(-c2ccc(C(=O)Nc3ccccn3)cc2)c2c(N)nccn12. The molecule has 3 aromatic heterocycles. The van der Waals surface area contributed by atoms with Crippen LogP contribution in [-0.2, 0) is 4.74 Å². The van der Waals surface area contributed by atoms with E-state index in [4.69, 9.17) is 15.5 Å². The van der Waals surface area contributed by atoms with Crippen LogP contribution in [0.15, 0.2) is 61.1 Å². The van der Waals surface area contributed by atoms with Crippen LogP contribution in [0, 0.1) is 5.41 Å². The number of benzene rings is 1. The Morgan fingerprint density at radius 3 is 2.51 bits per heavy atom. The fourth-order valence-electron chi connectivity index (χ4n) is 5.27. The number of nitrogens with one attached hydrogen (secondary N) is 1. The van der Waals surface area contributed by atoms with Crippen LogP contribution in [0.25, 0.3) is 16.8 Å². The monoisotopic (exact) mass is 525 g/mol. The molecule has 1 saturated heterocycles. The minimum Gasteiger partial charge on any atom is -0.444 e. The highest BCUT2D eigenvalue weighted by atomic mass is 16.6. The molecule has 3 N–H and O–H groups in total. The van der Waals surface area contributed by atoms with Crippen LogP contribution in [0.4, 0.5) is 16.4 Å². The summed E-state index contributed by atoms with van der Waals surface area (Å²) in [5.74, 6) is 1.28. The van der Waals surface area contributed by atoms with Gasteiger partial charge in [0.25, 0.3) is 5.91 Å². The molecule has 4 aromatic rings. The van der Waals surface area contributed by atoms with Gasteiger partial charge in [0.05, 0.1) is 6.04 Å². The Morgan fingerprint density at radius 1 is 1.08 bits per heavy atom. The largest absolute Gasteiger partial charge is 0.444 e. The molecule has 10 nitrogen and oxygen atoms in total. The molecule has 1 spiro atoms. The molecule has 6 rings (SSSR count). The molecule has 200 valence electrons. The number of nitrogen functional groups attached to an aromatic ring is 1. The first-order valence-corrected chi connectivity index (χ1v) is 13.1. The van der Waals surface area contributed by atoms with Gasteiger partial charge in [0, 0.05) is 36.3 Å². The Bertz CT molecular complexity index is 1550. The second-order valence-electron chi connectivity index (χ2n) is 11.4. The van der Waals surface area contributed by atoms with E-state index in [2.05, 4.69) is 15.3 Å². The number of amides is 2. The van der Waals surface area contributed by atoms with Crippen molar-refractivity contribution in [2.24, 2.45) is 5.41 Å². The standard InChI is InChI=1S/C29H31N7O3/c1-28(2,3)39-27(38)36-17-29(11-12-29)16-20(36)25-34-22(23-24(30)32-14-15-35(23)25)18-7-9-19(10-8-18)26(37)33-21-6-4-5-13-31-21/h4-10,13-15,20H,11-12,16-17H2,1-3H3,(H2,30,32)(H,31,33,37)/t20-/m0/s1. The van der Waals surface area contributed by atoms with E-state index in [1.54, 1.807) is 36.7 Å². The Balaban J connectivity index is 1.35. The Morgan fingerprint density at radius 2 is 1.85 bits per heavy atom. The number of aromatic nitrogens is 4. The van der Waals surface area contributed by atoms with Crippen molar-refractivity contribution < 1.29 is 14.3 Å². The molecule has 1 aromatic carbocycles. The highest BCUT2D eigenvalue weighted by molar-refractivity contribution is 6.04. The van der Waals surface area contributed by atoms with Gasteiger partial charge in [0.15, 0.2) is 0 Å². The van der Waals surface area contributed by atoms with Gasteiger partial charge >= 0.3 is 6.09 Å². The zero-order chi connectivity index (χ0) is 27.4. The molecule has 39 heavy (non-hydrogen) atoms. The number of carbonyl (C=O) groups excluding carboxylic acids is 2. The van der Waals surface area contributed by atoms with Crippen molar-refractivity contribution in [2.45, 2.75) is 51.7 Å². The number of pyridine rings is 1. The molecule has 1 saturated carbocycles. The molecule has 1 atom stereocenters.